The standard InChI is InChI=1S/C16H22F3NO/c1-15(7-2-3-8-15)11-20-10-14(21)12-5-4-6-13(9-12)16(17,18)19/h4-6,9,14,20-21H,2-3,7-8,10-11H2,1H3. The van der Waals surface area contributed by atoms with Gasteiger partial charge in [-0.15, -0.1) is 0 Å². The van der Waals surface area contributed by atoms with Gasteiger partial charge >= 0.3 is 6.18 Å². The minimum absolute atomic E-state index is 0.257. The van der Waals surface area contributed by atoms with Crippen LogP contribution in [0, 0.1) is 5.41 Å². The summed E-state index contributed by atoms with van der Waals surface area (Å²) < 4.78 is 37.9. The Hall–Kier alpha value is -1.07. The van der Waals surface area contributed by atoms with Crippen LogP contribution in [0.5, 0.6) is 0 Å². The van der Waals surface area contributed by atoms with Gasteiger partial charge in [0.1, 0.15) is 0 Å². The summed E-state index contributed by atoms with van der Waals surface area (Å²) in [5.74, 6) is 0. The summed E-state index contributed by atoms with van der Waals surface area (Å²) in [4.78, 5) is 0. The first-order valence-corrected chi connectivity index (χ1v) is 7.36. The zero-order valence-electron chi connectivity index (χ0n) is 12.2. The summed E-state index contributed by atoms with van der Waals surface area (Å²) in [6.07, 6.45) is -0.500. The van der Waals surface area contributed by atoms with E-state index in [0.717, 1.165) is 18.7 Å². The molecule has 0 spiro atoms. The minimum atomic E-state index is -4.37. The van der Waals surface area contributed by atoms with Crippen molar-refractivity contribution >= 4 is 0 Å². The number of rotatable bonds is 5. The lowest BCUT2D eigenvalue weighted by atomic mass is 9.89. The molecular weight excluding hydrogens is 279 g/mol. The Bertz CT molecular complexity index is 467. The molecule has 0 saturated heterocycles. The molecule has 0 aromatic heterocycles. The van der Waals surface area contributed by atoms with Gasteiger partial charge in [-0.3, -0.25) is 0 Å². The predicted molar refractivity (Wildman–Crippen MR) is 75.8 cm³/mol. The normalized spacial score (nSPS) is 19.7. The molecule has 21 heavy (non-hydrogen) atoms. The second-order valence-corrected chi connectivity index (χ2v) is 6.29. The molecule has 2 N–H and O–H groups in total. The number of hydrogen-bond acceptors (Lipinski definition) is 2. The number of hydrogen-bond donors (Lipinski definition) is 2. The zero-order valence-corrected chi connectivity index (χ0v) is 12.2. The summed E-state index contributed by atoms with van der Waals surface area (Å²) in [5.41, 5.74) is -0.163. The highest BCUT2D eigenvalue weighted by Crippen LogP contribution is 2.36. The molecule has 1 aromatic rings. The number of nitrogens with one attached hydrogen (secondary N) is 1. The molecule has 1 aromatic carbocycles. The molecule has 118 valence electrons. The molecule has 0 aliphatic heterocycles. The van der Waals surface area contributed by atoms with Crippen LogP contribution in [-0.4, -0.2) is 18.2 Å². The Balaban J connectivity index is 1.90. The number of aliphatic hydroxyl groups excluding tert-OH is 1. The molecule has 1 atom stereocenters. The van der Waals surface area contributed by atoms with Crippen molar-refractivity contribution in [3.8, 4) is 0 Å². The quantitative estimate of drug-likeness (QED) is 0.864. The Morgan fingerprint density at radius 3 is 2.57 bits per heavy atom. The fourth-order valence-corrected chi connectivity index (χ4v) is 2.96. The molecule has 1 fully saturated rings. The summed E-state index contributed by atoms with van der Waals surface area (Å²) in [6.45, 7) is 3.28. The Morgan fingerprint density at radius 1 is 1.29 bits per heavy atom. The Labute approximate surface area is 123 Å². The summed E-state index contributed by atoms with van der Waals surface area (Å²) in [5, 5.41) is 13.2. The molecule has 0 amide bonds. The van der Waals surface area contributed by atoms with Crippen molar-refractivity contribution in [2.24, 2.45) is 5.41 Å². The highest BCUT2D eigenvalue weighted by molar-refractivity contribution is 5.27. The predicted octanol–water partition coefficient (Wildman–Crippen LogP) is 3.91. The van der Waals surface area contributed by atoms with E-state index in [1.165, 1.54) is 37.8 Å². The van der Waals surface area contributed by atoms with Crippen LogP contribution in [0.3, 0.4) is 0 Å². The van der Waals surface area contributed by atoms with Crippen molar-refractivity contribution < 1.29 is 18.3 Å². The summed E-state index contributed by atoms with van der Waals surface area (Å²) in [6, 6.07) is 4.89. The Kier molecular flexibility index (Phi) is 4.94. The highest BCUT2D eigenvalue weighted by Gasteiger charge is 2.31. The summed E-state index contributed by atoms with van der Waals surface area (Å²) in [7, 11) is 0. The van der Waals surface area contributed by atoms with Gasteiger partial charge in [-0.25, -0.2) is 0 Å². The first kappa shape index (κ1) is 16.3. The smallest absolute Gasteiger partial charge is 0.387 e. The first-order chi connectivity index (χ1) is 9.80. The number of aliphatic hydroxyl groups is 1. The lowest BCUT2D eigenvalue weighted by Gasteiger charge is -2.25. The van der Waals surface area contributed by atoms with E-state index in [1.54, 1.807) is 0 Å². The van der Waals surface area contributed by atoms with Crippen LogP contribution < -0.4 is 5.32 Å². The van der Waals surface area contributed by atoms with Crippen molar-refractivity contribution in [1.29, 1.82) is 0 Å². The molecule has 0 radical (unpaired) electrons. The van der Waals surface area contributed by atoms with E-state index in [1.807, 2.05) is 0 Å². The lowest BCUT2D eigenvalue weighted by Crippen LogP contribution is -2.32. The molecule has 1 unspecified atom stereocenters. The monoisotopic (exact) mass is 301 g/mol. The second-order valence-electron chi connectivity index (χ2n) is 6.29. The van der Waals surface area contributed by atoms with Gasteiger partial charge in [0.25, 0.3) is 0 Å². The van der Waals surface area contributed by atoms with E-state index in [0.29, 0.717) is 5.56 Å². The third kappa shape index (κ3) is 4.45. The highest BCUT2D eigenvalue weighted by atomic mass is 19.4. The third-order valence-corrected chi connectivity index (χ3v) is 4.30. The van der Waals surface area contributed by atoms with Crippen molar-refractivity contribution in [3.63, 3.8) is 0 Å². The number of alkyl halides is 3. The lowest BCUT2D eigenvalue weighted by molar-refractivity contribution is -0.137. The molecule has 2 rings (SSSR count). The van der Waals surface area contributed by atoms with Crippen LogP contribution in [0.4, 0.5) is 13.2 Å². The average Bonchev–Trinajstić information content (AvgIpc) is 2.85. The van der Waals surface area contributed by atoms with Crippen LogP contribution in [0.15, 0.2) is 24.3 Å². The zero-order chi connectivity index (χ0) is 15.5. The summed E-state index contributed by atoms with van der Waals surface area (Å²) >= 11 is 0. The van der Waals surface area contributed by atoms with Crippen LogP contribution in [-0.2, 0) is 6.18 Å². The largest absolute Gasteiger partial charge is 0.416 e. The fourth-order valence-electron chi connectivity index (χ4n) is 2.96. The SMILES string of the molecule is CC1(CNCC(O)c2cccc(C(F)(F)F)c2)CCCC1. The second kappa shape index (κ2) is 6.36. The van der Waals surface area contributed by atoms with E-state index in [9.17, 15) is 18.3 Å². The molecule has 5 heteroatoms. The molecule has 1 aliphatic rings. The van der Waals surface area contributed by atoms with E-state index in [4.69, 9.17) is 0 Å². The Morgan fingerprint density at radius 2 is 1.95 bits per heavy atom. The molecule has 0 bridgehead atoms. The van der Waals surface area contributed by atoms with Crippen molar-refractivity contribution in [1.82, 2.24) is 5.32 Å². The average molecular weight is 301 g/mol. The van der Waals surface area contributed by atoms with Gasteiger partial charge in [0, 0.05) is 13.1 Å². The fraction of sp³-hybridized carbons (Fsp3) is 0.625. The first-order valence-electron chi connectivity index (χ1n) is 7.36. The van der Waals surface area contributed by atoms with Gasteiger partial charge in [0.2, 0.25) is 0 Å². The maximum Gasteiger partial charge on any atom is 0.416 e. The van der Waals surface area contributed by atoms with Crippen LogP contribution in [0.1, 0.15) is 49.8 Å². The van der Waals surface area contributed by atoms with Gasteiger partial charge in [-0.1, -0.05) is 31.9 Å². The van der Waals surface area contributed by atoms with E-state index >= 15 is 0 Å². The molecule has 2 nitrogen and oxygen atoms in total. The van der Waals surface area contributed by atoms with Crippen molar-refractivity contribution in [2.75, 3.05) is 13.1 Å². The van der Waals surface area contributed by atoms with Gasteiger partial charge in [-0.05, 0) is 36.0 Å². The van der Waals surface area contributed by atoms with Gasteiger partial charge in [0.05, 0.1) is 11.7 Å². The van der Waals surface area contributed by atoms with Crippen molar-refractivity contribution in [2.45, 2.75) is 44.9 Å². The van der Waals surface area contributed by atoms with Gasteiger partial charge in [0.15, 0.2) is 0 Å². The number of halogens is 3. The topological polar surface area (TPSA) is 32.3 Å². The van der Waals surface area contributed by atoms with Crippen molar-refractivity contribution in [3.05, 3.63) is 35.4 Å². The minimum Gasteiger partial charge on any atom is -0.387 e. The third-order valence-electron chi connectivity index (χ3n) is 4.30. The molecule has 0 heterocycles. The molecule has 1 saturated carbocycles. The van der Waals surface area contributed by atoms with Crippen LogP contribution in [0.25, 0.3) is 0 Å². The maximum atomic E-state index is 12.6. The van der Waals surface area contributed by atoms with E-state index < -0.39 is 17.8 Å². The van der Waals surface area contributed by atoms with E-state index in [-0.39, 0.29) is 12.0 Å². The van der Waals surface area contributed by atoms with E-state index in [2.05, 4.69) is 12.2 Å². The number of benzene rings is 1. The molecular formula is C16H22F3NO. The van der Waals surface area contributed by atoms with Crippen LogP contribution in [0.2, 0.25) is 0 Å². The van der Waals surface area contributed by atoms with Gasteiger partial charge < -0.3 is 10.4 Å². The van der Waals surface area contributed by atoms with Gasteiger partial charge in [-0.2, -0.15) is 13.2 Å². The maximum absolute atomic E-state index is 12.6. The van der Waals surface area contributed by atoms with Crippen LogP contribution >= 0.6 is 0 Å². The molecule has 1 aliphatic carbocycles.